The van der Waals surface area contributed by atoms with Crippen LogP contribution in [0.4, 0.5) is 4.39 Å². The molecule has 1 unspecified atom stereocenters. The number of halogens is 1. The van der Waals surface area contributed by atoms with Gasteiger partial charge in [0, 0.05) is 23.6 Å². The van der Waals surface area contributed by atoms with E-state index < -0.39 is 23.7 Å². The van der Waals surface area contributed by atoms with Crippen LogP contribution >= 0.6 is 11.8 Å². The average Bonchev–Trinajstić information content (AvgIpc) is 2.47. The van der Waals surface area contributed by atoms with Gasteiger partial charge in [0.15, 0.2) is 11.6 Å². The monoisotopic (exact) mass is 299 g/mol. The number of amides is 1. The second kappa shape index (κ2) is 6.13. The van der Waals surface area contributed by atoms with Gasteiger partial charge in [0.25, 0.3) is 5.91 Å². The summed E-state index contributed by atoms with van der Waals surface area (Å²) in [6.45, 7) is 0.361. The number of hydrogen-bond acceptors (Lipinski definition) is 4. The molecule has 1 atom stereocenters. The van der Waals surface area contributed by atoms with Crippen LogP contribution < -0.4 is 4.74 Å². The van der Waals surface area contributed by atoms with E-state index in [9.17, 15) is 14.0 Å². The SMILES string of the molecule is COc1cc(C(=O)N2CCSCC2C(=O)O)ccc1F. The van der Waals surface area contributed by atoms with Crippen LogP contribution in [0.2, 0.25) is 0 Å². The Bertz CT molecular complexity index is 537. The molecule has 7 heteroatoms. The van der Waals surface area contributed by atoms with Crippen LogP contribution in [0, 0.1) is 5.82 Å². The lowest BCUT2D eigenvalue weighted by Gasteiger charge is -2.32. The topological polar surface area (TPSA) is 66.8 Å². The Morgan fingerprint density at radius 2 is 2.25 bits per heavy atom. The molecular formula is C13H14FNO4S. The normalized spacial score (nSPS) is 18.7. The van der Waals surface area contributed by atoms with Crippen molar-refractivity contribution in [3.8, 4) is 5.75 Å². The molecule has 1 aliphatic rings. The standard InChI is InChI=1S/C13H14FNO4S/c1-19-11-6-8(2-3-9(11)14)12(16)15-4-5-20-7-10(15)13(17)18/h2-3,6,10H,4-5,7H2,1H3,(H,17,18). The lowest BCUT2D eigenvalue weighted by molar-refractivity contribution is -0.141. The first-order valence-electron chi connectivity index (χ1n) is 5.99. The Morgan fingerprint density at radius 3 is 2.90 bits per heavy atom. The number of hydrogen-bond donors (Lipinski definition) is 1. The van der Waals surface area contributed by atoms with E-state index in [4.69, 9.17) is 9.84 Å². The molecule has 2 rings (SSSR count). The Morgan fingerprint density at radius 1 is 1.50 bits per heavy atom. The van der Waals surface area contributed by atoms with Crippen molar-refractivity contribution in [1.82, 2.24) is 4.90 Å². The summed E-state index contributed by atoms with van der Waals surface area (Å²) in [6, 6.07) is 2.91. The first-order valence-corrected chi connectivity index (χ1v) is 7.15. The van der Waals surface area contributed by atoms with Crippen molar-refractivity contribution in [1.29, 1.82) is 0 Å². The minimum absolute atomic E-state index is 0.0332. The maximum absolute atomic E-state index is 13.3. The Balaban J connectivity index is 2.27. The van der Waals surface area contributed by atoms with Gasteiger partial charge in [-0.3, -0.25) is 4.79 Å². The van der Waals surface area contributed by atoms with Gasteiger partial charge in [-0.1, -0.05) is 0 Å². The average molecular weight is 299 g/mol. The number of carbonyl (C=O) groups is 2. The maximum atomic E-state index is 13.3. The zero-order chi connectivity index (χ0) is 14.7. The number of rotatable bonds is 3. The van der Waals surface area contributed by atoms with Gasteiger partial charge in [0.1, 0.15) is 6.04 Å². The molecule has 0 spiro atoms. The summed E-state index contributed by atoms with van der Waals surface area (Å²) in [4.78, 5) is 24.9. The van der Waals surface area contributed by atoms with Crippen molar-refractivity contribution in [2.24, 2.45) is 0 Å². The van der Waals surface area contributed by atoms with Gasteiger partial charge in [-0.2, -0.15) is 11.8 Å². The van der Waals surface area contributed by atoms with Crippen molar-refractivity contribution in [2.75, 3.05) is 25.2 Å². The van der Waals surface area contributed by atoms with E-state index in [1.54, 1.807) is 0 Å². The second-order valence-electron chi connectivity index (χ2n) is 4.28. The van der Waals surface area contributed by atoms with E-state index >= 15 is 0 Å². The van der Waals surface area contributed by atoms with Crippen molar-refractivity contribution < 1.29 is 23.8 Å². The fraction of sp³-hybridized carbons (Fsp3) is 0.385. The molecule has 20 heavy (non-hydrogen) atoms. The van der Waals surface area contributed by atoms with Crippen LogP contribution in [0.3, 0.4) is 0 Å². The van der Waals surface area contributed by atoms with Gasteiger partial charge >= 0.3 is 5.97 Å². The fourth-order valence-electron chi connectivity index (χ4n) is 2.01. The molecule has 0 bridgehead atoms. The zero-order valence-corrected chi connectivity index (χ0v) is 11.7. The van der Waals surface area contributed by atoms with Gasteiger partial charge in [0.05, 0.1) is 7.11 Å². The van der Waals surface area contributed by atoms with Crippen LogP contribution in [0.1, 0.15) is 10.4 Å². The highest BCUT2D eigenvalue weighted by molar-refractivity contribution is 7.99. The summed E-state index contributed by atoms with van der Waals surface area (Å²) in [5.41, 5.74) is 0.224. The van der Waals surface area contributed by atoms with E-state index in [0.717, 1.165) is 6.07 Å². The number of carboxylic acids is 1. The smallest absolute Gasteiger partial charge is 0.327 e. The van der Waals surface area contributed by atoms with Crippen molar-refractivity contribution in [3.63, 3.8) is 0 Å². The lowest BCUT2D eigenvalue weighted by atomic mass is 10.1. The highest BCUT2D eigenvalue weighted by Gasteiger charge is 2.33. The number of thioether (sulfide) groups is 1. The highest BCUT2D eigenvalue weighted by Crippen LogP contribution is 2.23. The quantitative estimate of drug-likeness (QED) is 0.915. The molecule has 1 aliphatic heterocycles. The van der Waals surface area contributed by atoms with Crippen molar-refractivity contribution in [3.05, 3.63) is 29.6 Å². The fourth-order valence-corrected chi connectivity index (χ4v) is 3.05. The van der Waals surface area contributed by atoms with Crippen LogP contribution in [-0.2, 0) is 4.79 Å². The molecule has 1 aromatic carbocycles. The van der Waals surface area contributed by atoms with E-state index in [1.807, 2.05) is 0 Å². The van der Waals surface area contributed by atoms with Crippen LogP contribution in [0.15, 0.2) is 18.2 Å². The summed E-state index contributed by atoms with van der Waals surface area (Å²) in [5.74, 6) is -0.995. The summed E-state index contributed by atoms with van der Waals surface area (Å²) in [6.07, 6.45) is 0. The van der Waals surface area contributed by atoms with Gasteiger partial charge in [-0.25, -0.2) is 9.18 Å². The minimum atomic E-state index is -1.03. The molecule has 0 radical (unpaired) electrons. The largest absolute Gasteiger partial charge is 0.494 e. The molecule has 1 fully saturated rings. The third-order valence-corrected chi connectivity index (χ3v) is 4.10. The Kier molecular flexibility index (Phi) is 4.49. The molecule has 1 N–H and O–H groups in total. The van der Waals surface area contributed by atoms with Crippen molar-refractivity contribution in [2.45, 2.75) is 6.04 Å². The molecule has 1 aromatic rings. The summed E-state index contributed by atoms with van der Waals surface area (Å²) >= 11 is 1.50. The van der Waals surface area contributed by atoms with Gasteiger partial charge < -0.3 is 14.7 Å². The molecule has 1 amide bonds. The highest BCUT2D eigenvalue weighted by atomic mass is 32.2. The third-order valence-electron chi connectivity index (χ3n) is 3.07. The molecule has 0 aliphatic carbocycles. The van der Waals surface area contributed by atoms with E-state index in [-0.39, 0.29) is 11.3 Å². The number of carboxylic acid groups (broad SMARTS) is 1. The molecule has 0 saturated carbocycles. The first-order chi connectivity index (χ1) is 9.54. The Hall–Kier alpha value is -1.76. The van der Waals surface area contributed by atoms with E-state index in [0.29, 0.717) is 18.1 Å². The number of carbonyl (C=O) groups excluding carboxylic acids is 1. The van der Waals surface area contributed by atoms with Crippen LogP contribution in [0.5, 0.6) is 5.75 Å². The molecule has 1 saturated heterocycles. The summed E-state index contributed by atoms with van der Waals surface area (Å²) in [5, 5.41) is 9.16. The van der Waals surface area contributed by atoms with E-state index in [2.05, 4.69) is 0 Å². The van der Waals surface area contributed by atoms with Gasteiger partial charge in [0.2, 0.25) is 0 Å². The third kappa shape index (κ3) is 2.87. The Labute approximate surface area is 119 Å². The number of aliphatic carboxylic acids is 1. The number of benzene rings is 1. The molecule has 1 heterocycles. The predicted molar refractivity (Wildman–Crippen MR) is 72.7 cm³/mol. The maximum Gasteiger partial charge on any atom is 0.327 e. The first kappa shape index (κ1) is 14.6. The van der Waals surface area contributed by atoms with E-state index in [1.165, 1.54) is 35.9 Å². The van der Waals surface area contributed by atoms with Gasteiger partial charge in [-0.05, 0) is 18.2 Å². The summed E-state index contributed by atoms with van der Waals surface area (Å²) < 4.78 is 18.2. The molecular weight excluding hydrogens is 285 g/mol. The van der Waals surface area contributed by atoms with Gasteiger partial charge in [-0.15, -0.1) is 0 Å². The van der Waals surface area contributed by atoms with Crippen LogP contribution in [-0.4, -0.2) is 53.1 Å². The number of methoxy groups -OCH3 is 1. The predicted octanol–water partition coefficient (Wildman–Crippen LogP) is 1.48. The second-order valence-corrected chi connectivity index (χ2v) is 5.43. The molecule has 108 valence electrons. The molecule has 0 aromatic heterocycles. The van der Waals surface area contributed by atoms with Crippen LogP contribution in [0.25, 0.3) is 0 Å². The number of nitrogens with zero attached hydrogens (tertiary/aromatic N) is 1. The lowest BCUT2D eigenvalue weighted by Crippen LogP contribution is -2.50. The summed E-state index contributed by atoms with van der Waals surface area (Å²) in [7, 11) is 1.31. The zero-order valence-electron chi connectivity index (χ0n) is 10.8. The number of ether oxygens (including phenoxy) is 1. The van der Waals surface area contributed by atoms with Crippen molar-refractivity contribution >= 4 is 23.6 Å². The molecule has 5 nitrogen and oxygen atoms in total. The minimum Gasteiger partial charge on any atom is -0.494 e.